The molecule has 1 aliphatic rings. The lowest BCUT2D eigenvalue weighted by molar-refractivity contribution is -0.133. The molecule has 0 saturated carbocycles. The van der Waals surface area contributed by atoms with Crippen LogP contribution in [-0.4, -0.2) is 22.5 Å². The van der Waals surface area contributed by atoms with Crippen LogP contribution in [0.3, 0.4) is 0 Å². The first kappa shape index (κ1) is 14.1. The largest absolute Gasteiger partial charge is 0.359 e. The van der Waals surface area contributed by atoms with Crippen molar-refractivity contribution in [1.29, 1.82) is 0 Å². The van der Waals surface area contributed by atoms with Crippen LogP contribution in [0.15, 0.2) is 10.6 Å². The molecule has 1 amide bonds. The highest BCUT2D eigenvalue weighted by Crippen LogP contribution is 2.34. The van der Waals surface area contributed by atoms with Gasteiger partial charge in [0.15, 0.2) is 5.76 Å². The molecule has 1 unspecified atom stereocenters. The van der Waals surface area contributed by atoms with Gasteiger partial charge in [0.1, 0.15) is 0 Å². The standard InChI is InChI=1S/C15H24N2O2/c1-10(2)8-15(18)17-7-5-6-13(17)14-9-12(11(3)4)16-19-14/h9-11,13H,5-8H2,1-4H3. The molecule has 1 aromatic rings. The molecule has 19 heavy (non-hydrogen) atoms. The minimum absolute atomic E-state index is 0.0891. The zero-order valence-electron chi connectivity index (χ0n) is 12.3. The predicted octanol–water partition coefficient (Wildman–Crippen LogP) is 3.51. The summed E-state index contributed by atoms with van der Waals surface area (Å²) in [5.74, 6) is 1.84. The zero-order valence-corrected chi connectivity index (χ0v) is 12.3. The van der Waals surface area contributed by atoms with Crippen molar-refractivity contribution in [3.63, 3.8) is 0 Å². The molecule has 2 rings (SSSR count). The quantitative estimate of drug-likeness (QED) is 0.836. The highest BCUT2D eigenvalue weighted by Gasteiger charge is 2.32. The third kappa shape index (κ3) is 3.17. The first-order valence-corrected chi connectivity index (χ1v) is 7.25. The van der Waals surface area contributed by atoms with Gasteiger partial charge in [0, 0.05) is 19.0 Å². The Morgan fingerprint density at radius 3 is 2.79 bits per heavy atom. The Kier molecular flexibility index (Phi) is 4.27. The number of amides is 1. The normalized spacial score (nSPS) is 19.7. The van der Waals surface area contributed by atoms with Gasteiger partial charge < -0.3 is 9.42 Å². The monoisotopic (exact) mass is 264 g/mol. The molecule has 1 aliphatic heterocycles. The predicted molar refractivity (Wildman–Crippen MR) is 73.7 cm³/mol. The second-order valence-corrected chi connectivity index (χ2v) is 6.15. The van der Waals surface area contributed by atoms with Crippen LogP contribution < -0.4 is 0 Å². The van der Waals surface area contributed by atoms with E-state index in [1.807, 2.05) is 11.0 Å². The zero-order chi connectivity index (χ0) is 14.0. The number of hydrogen-bond acceptors (Lipinski definition) is 3. The Balaban J connectivity index is 2.11. The molecule has 4 heteroatoms. The van der Waals surface area contributed by atoms with Crippen LogP contribution in [0, 0.1) is 5.92 Å². The van der Waals surface area contributed by atoms with Crippen molar-refractivity contribution in [2.75, 3.05) is 6.54 Å². The van der Waals surface area contributed by atoms with E-state index in [9.17, 15) is 4.79 Å². The summed E-state index contributed by atoms with van der Waals surface area (Å²) in [7, 11) is 0. The summed E-state index contributed by atoms with van der Waals surface area (Å²) in [6.45, 7) is 9.19. The summed E-state index contributed by atoms with van der Waals surface area (Å²) >= 11 is 0. The molecule has 0 bridgehead atoms. The van der Waals surface area contributed by atoms with Gasteiger partial charge >= 0.3 is 0 Å². The van der Waals surface area contributed by atoms with Crippen LogP contribution in [0.5, 0.6) is 0 Å². The minimum Gasteiger partial charge on any atom is -0.359 e. The minimum atomic E-state index is 0.0891. The Bertz CT molecular complexity index is 437. The average molecular weight is 264 g/mol. The van der Waals surface area contributed by atoms with E-state index < -0.39 is 0 Å². The fourth-order valence-corrected chi connectivity index (χ4v) is 2.56. The van der Waals surface area contributed by atoms with Gasteiger partial charge in [-0.25, -0.2) is 0 Å². The summed E-state index contributed by atoms with van der Waals surface area (Å²) in [6, 6.07) is 2.10. The molecule has 0 aromatic carbocycles. The van der Waals surface area contributed by atoms with E-state index in [2.05, 4.69) is 32.9 Å². The maximum absolute atomic E-state index is 12.2. The van der Waals surface area contributed by atoms with Gasteiger partial charge in [-0.05, 0) is 24.7 Å². The number of aromatic nitrogens is 1. The Morgan fingerprint density at radius 2 is 2.21 bits per heavy atom. The fourth-order valence-electron chi connectivity index (χ4n) is 2.56. The molecule has 1 atom stereocenters. The van der Waals surface area contributed by atoms with Crippen LogP contribution in [0.25, 0.3) is 0 Å². The molecule has 1 aromatic heterocycles. The first-order valence-electron chi connectivity index (χ1n) is 7.25. The SMILES string of the molecule is CC(C)CC(=O)N1CCCC1c1cc(C(C)C)no1. The van der Waals surface area contributed by atoms with E-state index in [0.717, 1.165) is 30.8 Å². The van der Waals surface area contributed by atoms with E-state index in [-0.39, 0.29) is 11.9 Å². The number of carbonyl (C=O) groups is 1. The van der Waals surface area contributed by atoms with Crippen molar-refractivity contribution < 1.29 is 9.32 Å². The number of likely N-dealkylation sites (tertiary alicyclic amines) is 1. The molecule has 2 heterocycles. The molecule has 0 spiro atoms. The third-order valence-electron chi connectivity index (χ3n) is 3.62. The smallest absolute Gasteiger partial charge is 0.223 e. The van der Waals surface area contributed by atoms with E-state index in [1.54, 1.807) is 0 Å². The van der Waals surface area contributed by atoms with E-state index >= 15 is 0 Å². The lowest BCUT2D eigenvalue weighted by atomic mass is 10.1. The molecule has 1 fully saturated rings. The summed E-state index contributed by atoms with van der Waals surface area (Å²) in [6.07, 6.45) is 2.64. The van der Waals surface area contributed by atoms with Gasteiger partial charge in [-0.15, -0.1) is 0 Å². The molecule has 0 radical (unpaired) electrons. The summed E-state index contributed by atoms with van der Waals surface area (Å²) in [5.41, 5.74) is 0.971. The third-order valence-corrected chi connectivity index (χ3v) is 3.62. The Hall–Kier alpha value is -1.32. The number of nitrogens with zero attached hydrogens (tertiary/aromatic N) is 2. The molecule has 106 valence electrons. The summed E-state index contributed by atoms with van der Waals surface area (Å²) in [4.78, 5) is 14.2. The molecule has 0 N–H and O–H groups in total. The van der Waals surface area contributed by atoms with Crippen LogP contribution in [-0.2, 0) is 4.79 Å². The average Bonchev–Trinajstić information content (AvgIpc) is 2.96. The van der Waals surface area contributed by atoms with Crippen LogP contribution >= 0.6 is 0 Å². The van der Waals surface area contributed by atoms with Crippen molar-refractivity contribution in [3.8, 4) is 0 Å². The lowest BCUT2D eigenvalue weighted by Gasteiger charge is -2.23. The maximum atomic E-state index is 12.2. The molecular formula is C15H24N2O2. The summed E-state index contributed by atoms with van der Waals surface area (Å²) < 4.78 is 5.45. The van der Waals surface area contributed by atoms with Gasteiger partial charge in [-0.1, -0.05) is 32.9 Å². The number of rotatable bonds is 4. The van der Waals surface area contributed by atoms with Gasteiger partial charge in [0.25, 0.3) is 0 Å². The summed E-state index contributed by atoms with van der Waals surface area (Å²) in [5, 5.41) is 4.10. The molecule has 4 nitrogen and oxygen atoms in total. The van der Waals surface area contributed by atoms with Crippen molar-refractivity contribution >= 4 is 5.91 Å². The van der Waals surface area contributed by atoms with Crippen molar-refractivity contribution in [1.82, 2.24) is 10.1 Å². The van der Waals surface area contributed by atoms with Crippen LogP contribution in [0.2, 0.25) is 0 Å². The van der Waals surface area contributed by atoms with Gasteiger partial charge in [0.2, 0.25) is 5.91 Å². The highest BCUT2D eigenvalue weighted by atomic mass is 16.5. The van der Waals surface area contributed by atoms with E-state index in [1.165, 1.54) is 0 Å². The Labute approximate surface area is 115 Å². The number of carbonyl (C=O) groups excluding carboxylic acids is 1. The number of hydrogen-bond donors (Lipinski definition) is 0. The molecule has 1 saturated heterocycles. The molecule has 0 aliphatic carbocycles. The first-order chi connectivity index (χ1) is 8.99. The van der Waals surface area contributed by atoms with Gasteiger partial charge in [-0.3, -0.25) is 4.79 Å². The second kappa shape index (κ2) is 5.76. The van der Waals surface area contributed by atoms with Crippen molar-refractivity contribution in [3.05, 3.63) is 17.5 Å². The van der Waals surface area contributed by atoms with Crippen molar-refractivity contribution in [2.24, 2.45) is 5.92 Å². The van der Waals surface area contributed by atoms with Crippen LogP contribution in [0.4, 0.5) is 0 Å². The second-order valence-electron chi connectivity index (χ2n) is 6.15. The lowest BCUT2D eigenvalue weighted by Crippen LogP contribution is -2.31. The maximum Gasteiger partial charge on any atom is 0.223 e. The topological polar surface area (TPSA) is 46.3 Å². The fraction of sp³-hybridized carbons (Fsp3) is 0.733. The van der Waals surface area contributed by atoms with Crippen molar-refractivity contribution in [2.45, 2.75) is 58.9 Å². The highest BCUT2D eigenvalue weighted by molar-refractivity contribution is 5.77. The van der Waals surface area contributed by atoms with E-state index in [0.29, 0.717) is 18.3 Å². The van der Waals surface area contributed by atoms with Gasteiger partial charge in [-0.2, -0.15) is 0 Å². The molecular weight excluding hydrogens is 240 g/mol. The Morgan fingerprint density at radius 1 is 1.47 bits per heavy atom. The van der Waals surface area contributed by atoms with Gasteiger partial charge in [0.05, 0.1) is 11.7 Å². The van der Waals surface area contributed by atoms with E-state index in [4.69, 9.17) is 4.52 Å². The van der Waals surface area contributed by atoms with Crippen LogP contribution in [0.1, 0.15) is 70.4 Å².